The Morgan fingerprint density at radius 3 is 2.77 bits per heavy atom. The number of benzene rings is 2. The van der Waals surface area contributed by atoms with Gasteiger partial charge in [0.2, 0.25) is 0 Å². The minimum atomic E-state index is -0.378. The number of aromatic hydroxyl groups is 1. The maximum atomic E-state index is 12.7. The van der Waals surface area contributed by atoms with Crippen LogP contribution < -0.4 is 15.0 Å². The monoisotopic (exact) mass is 353 g/mol. The molecule has 0 spiro atoms. The van der Waals surface area contributed by atoms with E-state index in [2.05, 4.69) is 15.4 Å². The average molecular weight is 353 g/mol. The molecule has 0 saturated carbocycles. The van der Waals surface area contributed by atoms with E-state index in [1.807, 2.05) is 18.2 Å². The predicted molar refractivity (Wildman–Crippen MR) is 96.8 cm³/mol. The number of methoxy groups -OCH3 is 1. The van der Waals surface area contributed by atoms with Gasteiger partial charge in [0.1, 0.15) is 13.3 Å². The summed E-state index contributed by atoms with van der Waals surface area (Å²) in [7, 11) is 3.02. The first kappa shape index (κ1) is 16.3. The number of amides is 1. The molecule has 7 nitrogen and oxygen atoms in total. The molecular formula is C19H19N3O4. The molecule has 2 aromatic rings. The summed E-state index contributed by atoms with van der Waals surface area (Å²) in [6, 6.07) is 10.8. The van der Waals surface area contributed by atoms with Crippen molar-refractivity contribution in [3.63, 3.8) is 0 Å². The summed E-state index contributed by atoms with van der Waals surface area (Å²) < 4.78 is 5.11. The van der Waals surface area contributed by atoms with Crippen molar-refractivity contribution in [2.45, 2.75) is 12.6 Å². The number of nitrogens with zero attached hydrogens (tertiary/aromatic N) is 2. The summed E-state index contributed by atoms with van der Waals surface area (Å²) >= 11 is 0. The molecule has 2 N–H and O–H groups in total. The van der Waals surface area contributed by atoms with Gasteiger partial charge in [0.05, 0.1) is 24.1 Å². The number of hydrogen-bond acceptors (Lipinski definition) is 6. The Hall–Kier alpha value is -3.22. The molecule has 2 aliphatic rings. The lowest BCUT2D eigenvalue weighted by atomic mass is 9.92. The van der Waals surface area contributed by atoms with Crippen LogP contribution in [0.5, 0.6) is 11.5 Å². The number of carbonyl (C=O) groups excluding carboxylic acids is 1. The Balaban J connectivity index is 1.83. The number of phenols is 1. The minimum absolute atomic E-state index is 0.0389. The van der Waals surface area contributed by atoms with E-state index >= 15 is 0 Å². The van der Waals surface area contributed by atoms with Crippen LogP contribution in [0.2, 0.25) is 0 Å². The highest BCUT2D eigenvalue weighted by atomic mass is 16.6. The molecule has 0 aliphatic carbocycles. The zero-order valence-corrected chi connectivity index (χ0v) is 14.5. The number of hydrogen-bond donors (Lipinski definition) is 2. The fourth-order valence-electron chi connectivity index (χ4n) is 3.63. The molecule has 0 fully saturated rings. The zero-order chi connectivity index (χ0) is 18.3. The van der Waals surface area contributed by atoms with E-state index < -0.39 is 0 Å². The molecule has 0 aromatic heterocycles. The van der Waals surface area contributed by atoms with Crippen molar-refractivity contribution in [1.29, 1.82) is 0 Å². The van der Waals surface area contributed by atoms with E-state index in [0.717, 1.165) is 22.5 Å². The quantitative estimate of drug-likeness (QED) is 0.828. The van der Waals surface area contributed by atoms with Gasteiger partial charge in [-0.1, -0.05) is 23.4 Å². The second kappa shape index (κ2) is 6.25. The van der Waals surface area contributed by atoms with Crippen molar-refractivity contribution in [2.24, 2.45) is 5.16 Å². The summed E-state index contributed by atoms with van der Waals surface area (Å²) in [5, 5.41) is 17.3. The number of phenolic OH excluding ortho intramolecular Hbond substituents is 1. The molecule has 0 bridgehead atoms. The Kier molecular flexibility index (Phi) is 3.91. The van der Waals surface area contributed by atoms with E-state index in [0.29, 0.717) is 24.3 Å². The SMILES string of the molecule is CO/N=C1\CCN2c3c(cccc31)C(=O)NC2c1ccc(OC)c(O)c1. The second-order valence-electron chi connectivity index (χ2n) is 6.17. The maximum Gasteiger partial charge on any atom is 0.255 e. The molecule has 2 aromatic carbocycles. The molecule has 0 radical (unpaired) electrons. The molecule has 0 saturated heterocycles. The fourth-order valence-corrected chi connectivity index (χ4v) is 3.63. The highest BCUT2D eigenvalue weighted by Gasteiger charge is 2.37. The van der Waals surface area contributed by atoms with Gasteiger partial charge in [0.25, 0.3) is 5.91 Å². The van der Waals surface area contributed by atoms with Gasteiger partial charge in [-0.15, -0.1) is 0 Å². The first-order valence-electron chi connectivity index (χ1n) is 8.32. The van der Waals surface area contributed by atoms with Gasteiger partial charge >= 0.3 is 0 Å². The Bertz CT molecular complexity index is 910. The van der Waals surface area contributed by atoms with Crippen LogP contribution in [0.4, 0.5) is 5.69 Å². The van der Waals surface area contributed by atoms with Crippen molar-refractivity contribution in [3.05, 3.63) is 53.1 Å². The molecule has 2 heterocycles. The van der Waals surface area contributed by atoms with E-state index in [1.165, 1.54) is 14.2 Å². The number of ether oxygens (including phenoxy) is 1. The fraction of sp³-hybridized carbons (Fsp3) is 0.263. The molecule has 1 unspecified atom stereocenters. The second-order valence-corrected chi connectivity index (χ2v) is 6.17. The lowest BCUT2D eigenvalue weighted by Gasteiger charge is -2.42. The van der Waals surface area contributed by atoms with Crippen LogP contribution in [0.15, 0.2) is 41.6 Å². The van der Waals surface area contributed by atoms with Gasteiger partial charge < -0.3 is 24.9 Å². The van der Waals surface area contributed by atoms with Crippen molar-refractivity contribution in [3.8, 4) is 11.5 Å². The zero-order valence-electron chi connectivity index (χ0n) is 14.5. The van der Waals surface area contributed by atoms with E-state index in [9.17, 15) is 9.90 Å². The number of anilines is 1. The third-order valence-electron chi connectivity index (χ3n) is 4.77. The van der Waals surface area contributed by atoms with Gasteiger partial charge in [0, 0.05) is 18.5 Å². The summed E-state index contributed by atoms with van der Waals surface area (Å²) in [5.41, 5.74) is 3.96. The molecule has 7 heteroatoms. The largest absolute Gasteiger partial charge is 0.504 e. The van der Waals surface area contributed by atoms with Crippen LogP contribution in [0.1, 0.15) is 34.1 Å². The van der Waals surface area contributed by atoms with E-state index in [-0.39, 0.29) is 17.8 Å². The molecule has 26 heavy (non-hydrogen) atoms. The van der Waals surface area contributed by atoms with Crippen molar-refractivity contribution in [1.82, 2.24) is 5.32 Å². The predicted octanol–water partition coefficient (Wildman–Crippen LogP) is 2.40. The van der Waals surface area contributed by atoms with Crippen LogP contribution in [0.3, 0.4) is 0 Å². The van der Waals surface area contributed by atoms with Crippen LogP contribution in [0.25, 0.3) is 0 Å². The van der Waals surface area contributed by atoms with Gasteiger partial charge in [0.15, 0.2) is 11.5 Å². The van der Waals surface area contributed by atoms with Gasteiger partial charge in [-0.25, -0.2) is 0 Å². The maximum absolute atomic E-state index is 12.7. The first-order chi connectivity index (χ1) is 12.6. The number of para-hydroxylation sites is 1. The highest BCUT2D eigenvalue weighted by molar-refractivity contribution is 6.13. The van der Waals surface area contributed by atoms with Crippen LogP contribution >= 0.6 is 0 Å². The molecule has 1 amide bonds. The van der Waals surface area contributed by atoms with Gasteiger partial charge in [-0.05, 0) is 23.8 Å². The lowest BCUT2D eigenvalue weighted by molar-refractivity contribution is 0.0926. The van der Waals surface area contributed by atoms with E-state index in [1.54, 1.807) is 18.2 Å². The molecule has 1 atom stereocenters. The summed E-state index contributed by atoms with van der Waals surface area (Å²) in [4.78, 5) is 19.8. The van der Waals surface area contributed by atoms with Crippen LogP contribution in [0, 0.1) is 0 Å². The third kappa shape index (κ3) is 2.44. The smallest absolute Gasteiger partial charge is 0.255 e. The van der Waals surface area contributed by atoms with Crippen molar-refractivity contribution >= 4 is 17.3 Å². The average Bonchev–Trinajstić information content (AvgIpc) is 2.66. The number of carbonyl (C=O) groups is 1. The van der Waals surface area contributed by atoms with Crippen molar-refractivity contribution < 1.29 is 19.5 Å². The Morgan fingerprint density at radius 1 is 1.23 bits per heavy atom. The van der Waals surface area contributed by atoms with Crippen LogP contribution in [-0.2, 0) is 4.84 Å². The summed E-state index contributed by atoms with van der Waals surface area (Å²) in [5.74, 6) is 0.277. The standard InChI is InChI=1S/C19H19N3O4/c1-25-16-7-6-11(10-15(16)23)18-20-19(24)13-5-3-4-12-14(21-26-2)8-9-22(18)17(12)13/h3-7,10,18,23H,8-9H2,1-2H3,(H,20,24)/b21-14+. The molecule has 4 rings (SSSR count). The topological polar surface area (TPSA) is 83.4 Å². The molecular weight excluding hydrogens is 334 g/mol. The number of nitrogens with one attached hydrogen (secondary N) is 1. The summed E-state index contributed by atoms with van der Waals surface area (Å²) in [6.07, 6.45) is 0.316. The normalized spacial score (nSPS) is 19.8. The highest BCUT2D eigenvalue weighted by Crippen LogP contribution is 2.40. The lowest BCUT2D eigenvalue weighted by Crippen LogP contribution is -2.49. The Morgan fingerprint density at radius 2 is 2.04 bits per heavy atom. The summed E-state index contributed by atoms with van der Waals surface area (Å²) in [6.45, 7) is 0.671. The third-order valence-corrected chi connectivity index (χ3v) is 4.77. The minimum Gasteiger partial charge on any atom is -0.504 e. The van der Waals surface area contributed by atoms with Crippen molar-refractivity contribution in [2.75, 3.05) is 25.7 Å². The van der Waals surface area contributed by atoms with Crippen LogP contribution in [-0.4, -0.2) is 37.5 Å². The number of rotatable bonds is 3. The Labute approximate surface area is 150 Å². The van der Waals surface area contributed by atoms with Gasteiger partial charge in [-0.2, -0.15) is 0 Å². The molecule has 2 aliphatic heterocycles. The van der Waals surface area contributed by atoms with Gasteiger partial charge in [-0.3, -0.25) is 4.79 Å². The molecule has 134 valence electrons. The first-order valence-corrected chi connectivity index (χ1v) is 8.32. The van der Waals surface area contributed by atoms with E-state index in [4.69, 9.17) is 9.57 Å². The number of oxime groups is 1.